The molecule has 1 unspecified atom stereocenters. The molecule has 2 heterocycles. The number of ether oxygens (including phenoxy) is 1. The van der Waals surface area contributed by atoms with E-state index in [1.807, 2.05) is 6.07 Å². The molecule has 1 aromatic heterocycles. The highest BCUT2D eigenvalue weighted by Crippen LogP contribution is 2.25. The van der Waals surface area contributed by atoms with Gasteiger partial charge in [0.25, 0.3) is 0 Å². The number of carbonyl (C=O) groups is 1. The molecule has 2 rings (SSSR count). The summed E-state index contributed by atoms with van der Waals surface area (Å²) in [6.07, 6.45) is 2.35. The normalized spacial score (nSPS) is 19.4. The van der Waals surface area contributed by atoms with Crippen LogP contribution >= 0.6 is 0 Å². The first-order chi connectivity index (χ1) is 8.20. The molecular formula is C12H16N2O3. The Balaban J connectivity index is 2.14. The summed E-state index contributed by atoms with van der Waals surface area (Å²) in [5.41, 5.74) is -0.119. The van der Waals surface area contributed by atoms with Gasteiger partial charge in [-0.05, 0) is 18.9 Å². The molecule has 1 N–H and O–H groups in total. The van der Waals surface area contributed by atoms with Gasteiger partial charge in [-0.25, -0.2) is 0 Å². The van der Waals surface area contributed by atoms with E-state index in [0.29, 0.717) is 6.42 Å². The number of aromatic amines is 1. The van der Waals surface area contributed by atoms with Gasteiger partial charge in [-0.3, -0.25) is 9.59 Å². The fraction of sp³-hybridized carbons (Fsp3) is 0.500. The molecule has 1 aromatic rings. The summed E-state index contributed by atoms with van der Waals surface area (Å²) in [7, 11) is 1.39. The lowest BCUT2D eigenvalue weighted by Gasteiger charge is -2.25. The number of H-pyrrole nitrogens is 1. The van der Waals surface area contributed by atoms with Crippen LogP contribution in [0.4, 0.5) is 5.82 Å². The molecule has 1 atom stereocenters. The predicted molar refractivity (Wildman–Crippen MR) is 64.1 cm³/mol. The smallest absolute Gasteiger partial charge is 0.307 e. The molecular weight excluding hydrogens is 220 g/mol. The van der Waals surface area contributed by atoms with Crippen LogP contribution < -0.4 is 10.5 Å². The van der Waals surface area contributed by atoms with Crippen LogP contribution in [0.15, 0.2) is 23.0 Å². The van der Waals surface area contributed by atoms with Crippen molar-refractivity contribution in [1.82, 2.24) is 4.98 Å². The minimum Gasteiger partial charge on any atom is -0.469 e. The summed E-state index contributed by atoms with van der Waals surface area (Å²) in [5, 5.41) is 0. The molecule has 17 heavy (non-hydrogen) atoms. The maximum absolute atomic E-state index is 11.3. The fourth-order valence-electron chi connectivity index (χ4n) is 2.24. The average Bonchev–Trinajstić information content (AvgIpc) is 2.77. The van der Waals surface area contributed by atoms with Gasteiger partial charge in [0, 0.05) is 18.7 Å². The van der Waals surface area contributed by atoms with Gasteiger partial charge < -0.3 is 14.6 Å². The second-order valence-electron chi connectivity index (χ2n) is 4.17. The second-order valence-corrected chi connectivity index (χ2v) is 4.17. The van der Waals surface area contributed by atoms with E-state index in [0.717, 1.165) is 25.2 Å². The van der Waals surface area contributed by atoms with Crippen LogP contribution in [0, 0.1) is 0 Å². The predicted octanol–water partition coefficient (Wildman–Crippen LogP) is 0.907. The molecule has 1 saturated heterocycles. The molecule has 0 saturated carbocycles. The zero-order chi connectivity index (χ0) is 12.3. The summed E-state index contributed by atoms with van der Waals surface area (Å²) in [4.78, 5) is 27.4. The minimum absolute atomic E-state index is 0.119. The third-order valence-electron chi connectivity index (χ3n) is 3.07. The number of aromatic nitrogens is 1. The Labute approximate surface area is 99.4 Å². The quantitative estimate of drug-likeness (QED) is 0.792. The standard InChI is InChI=1S/C12H16N2O3/c1-17-12(16)8-9-4-3-7-14(9)10-5-2-6-11(15)13-10/h2,5-6,9H,3-4,7-8H2,1H3,(H,13,15). The van der Waals surface area contributed by atoms with Crippen molar-refractivity contribution < 1.29 is 9.53 Å². The number of rotatable bonds is 3. The zero-order valence-electron chi connectivity index (χ0n) is 9.81. The minimum atomic E-state index is -0.208. The number of hydrogen-bond acceptors (Lipinski definition) is 4. The summed E-state index contributed by atoms with van der Waals surface area (Å²) >= 11 is 0. The van der Waals surface area contributed by atoms with E-state index in [9.17, 15) is 9.59 Å². The van der Waals surface area contributed by atoms with Crippen LogP contribution in [-0.2, 0) is 9.53 Å². The molecule has 0 bridgehead atoms. The Hall–Kier alpha value is -1.78. The lowest BCUT2D eigenvalue weighted by molar-refractivity contribution is -0.140. The Bertz CT molecular complexity index is 455. The van der Waals surface area contributed by atoms with E-state index in [1.54, 1.807) is 6.07 Å². The number of carbonyl (C=O) groups excluding carboxylic acids is 1. The number of pyridine rings is 1. The highest BCUT2D eigenvalue weighted by molar-refractivity contribution is 5.70. The van der Waals surface area contributed by atoms with E-state index in [4.69, 9.17) is 0 Å². The SMILES string of the molecule is COC(=O)CC1CCCN1c1cccc(=O)[nH]1. The van der Waals surface area contributed by atoms with Crippen molar-refractivity contribution in [3.8, 4) is 0 Å². The monoisotopic (exact) mass is 236 g/mol. The van der Waals surface area contributed by atoms with E-state index in [-0.39, 0.29) is 17.6 Å². The summed E-state index contributed by atoms with van der Waals surface area (Å²) in [6, 6.07) is 5.19. The van der Waals surface area contributed by atoms with Gasteiger partial charge in [0.15, 0.2) is 0 Å². The van der Waals surface area contributed by atoms with Gasteiger partial charge in [0.2, 0.25) is 5.56 Å². The van der Waals surface area contributed by atoms with Gasteiger partial charge in [-0.15, -0.1) is 0 Å². The second kappa shape index (κ2) is 5.03. The Kier molecular flexibility index (Phi) is 3.46. The lowest BCUT2D eigenvalue weighted by Crippen LogP contribution is -2.33. The molecule has 5 nitrogen and oxygen atoms in total. The lowest BCUT2D eigenvalue weighted by atomic mass is 10.1. The topological polar surface area (TPSA) is 62.4 Å². The molecule has 0 aromatic carbocycles. The number of nitrogens with zero attached hydrogens (tertiary/aromatic N) is 1. The van der Waals surface area contributed by atoms with Crippen molar-refractivity contribution >= 4 is 11.8 Å². The van der Waals surface area contributed by atoms with Crippen LogP contribution in [0.25, 0.3) is 0 Å². The zero-order valence-corrected chi connectivity index (χ0v) is 9.81. The van der Waals surface area contributed by atoms with Gasteiger partial charge in [-0.2, -0.15) is 0 Å². The molecule has 0 radical (unpaired) electrons. The summed E-state index contributed by atoms with van der Waals surface area (Å²) in [5.74, 6) is 0.573. The average molecular weight is 236 g/mol. The van der Waals surface area contributed by atoms with Gasteiger partial charge >= 0.3 is 5.97 Å². The number of anilines is 1. The highest BCUT2D eigenvalue weighted by atomic mass is 16.5. The number of esters is 1. The Morgan fingerprint density at radius 2 is 2.41 bits per heavy atom. The van der Waals surface area contributed by atoms with E-state index < -0.39 is 0 Å². The molecule has 92 valence electrons. The number of hydrogen-bond donors (Lipinski definition) is 1. The maximum atomic E-state index is 11.3. The van der Waals surface area contributed by atoms with Crippen molar-refractivity contribution in [3.63, 3.8) is 0 Å². The summed E-state index contributed by atoms with van der Waals surface area (Å²) in [6.45, 7) is 0.863. The fourth-order valence-corrected chi connectivity index (χ4v) is 2.24. The van der Waals surface area contributed by atoms with Gasteiger partial charge in [0.05, 0.1) is 13.5 Å². The van der Waals surface area contributed by atoms with Crippen molar-refractivity contribution in [3.05, 3.63) is 28.6 Å². The summed E-state index contributed by atoms with van der Waals surface area (Å²) < 4.78 is 4.68. The van der Waals surface area contributed by atoms with Gasteiger partial charge in [0.1, 0.15) is 5.82 Å². The molecule has 0 spiro atoms. The third-order valence-corrected chi connectivity index (χ3v) is 3.07. The Morgan fingerprint density at radius 3 is 3.12 bits per heavy atom. The van der Waals surface area contributed by atoms with Crippen molar-refractivity contribution in [2.75, 3.05) is 18.6 Å². The molecule has 1 fully saturated rings. The van der Waals surface area contributed by atoms with Crippen molar-refractivity contribution in [1.29, 1.82) is 0 Å². The van der Waals surface area contributed by atoms with Crippen LogP contribution in [0.3, 0.4) is 0 Å². The van der Waals surface area contributed by atoms with Crippen LogP contribution in [0.1, 0.15) is 19.3 Å². The van der Waals surface area contributed by atoms with Gasteiger partial charge in [-0.1, -0.05) is 6.07 Å². The first-order valence-electron chi connectivity index (χ1n) is 5.73. The number of methoxy groups -OCH3 is 1. The van der Waals surface area contributed by atoms with E-state index in [2.05, 4.69) is 14.6 Å². The molecule has 5 heteroatoms. The number of nitrogens with one attached hydrogen (secondary N) is 1. The molecule has 0 aliphatic carbocycles. The van der Waals surface area contributed by atoms with E-state index >= 15 is 0 Å². The van der Waals surface area contributed by atoms with E-state index in [1.165, 1.54) is 13.2 Å². The highest BCUT2D eigenvalue weighted by Gasteiger charge is 2.27. The molecule has 1 aliphatic rings. The van der Waals surface area contributed by atoms with Crippen LogP contribution in [-0.4, -0.2) is 30.6 Å². The van der Waals surface area contributed by atoms with Crippen molar-refractivity contribution in [2.45, 2.75) is 25.3 Å². The Morgan fingerprint density at radius 1 is 1.59 bits per heavy atom. The first kappa shape index (κ1) is 11.7. The van der Waals surface area contributed by atoms with Crippen LogP contribution in [0.2, 0.25) is 0 Å². The maximum Gasteiger partial charge on any atom is 0.307 e. The third kappa shape index (κ3) is 2.67. The molecule has 1 aliphatic heterocycles. The molecule has 0 amide bonds. The van der Waals surface area contributed by atoms with Crippen LogP contribution in [0.5, 0.6) is 0 Å². The van der Waals surface area contributed by atoms with Crippen molar-refractivity contribution in [2.24, 2.45) is 0 Å². The largest absolute Gasteiger partial charge is 0.469 e. The first-order valence-corrected chi connectivity index (χ1v) is 5.73.